The van der Waals surface area contributed by atoms with Crippen molar-refractivity contribution in [2.24, 2.45) is 5.92 Å². The van der Waals surface area contributed by atoms with E-state index in [1.807, 2.05) is 12.1 Å². The minimum atomic E-state index is -4.43. The Morgan fingerprint density at radius 3 is 2.27 bits per heavy atom. The first kappa shape index (κ1) is 14.8. The van der Waals surface area contributed by atoms with Crippen LogP contribution in [0.25, 0.3) is 0 Å². The molecule has 2 aromatic carbocycles. The van der Waals surface area contributed by atoms with E-state index in [1.165, 1.54) is 12.1 Å². The van der Waals surface area contributed by atoms with Gasteiger partial charge in [-0.15, -0.1) is 0 Å². The van der Waals surface area contributed by atoms with Gasteiger partial charge in [-0.05, 0) is 29.7 Å². The number of hydrogen-bond acceptors (Lipinski definition) is 2. The topological polar surface area (TPSA) is 37.3 Å². The second kappa shape index (κ2) is 5.25. The number of rotatable bonds is 2. The highest BCUT2D eigenvalue weighted by atomic mass is 19.4. The molecule has 0 fully saturated rings. The van der Waals surface area contributed by atoms with Crippen LogP contribution in [0, 0.1) is 5.92 Å². The monoisotopic (exact) mass is 306 g/mol. The molecule has 0 bridgehead atoms. The Kier molecular flexibility index (Phi) is 3.53. The summed E-state index contributed by atoms with van der Waals surface area (Å²) in [6.07, 6.45) is -4.94. The summed E-state index contributed by atoms with van der Waals surface area (Å²) in [5, 5.41) is 10.3. The molecule has 1 aliphatic carbocycles. The molecule has 0 radical (unpaired) electrons. The van der Waals surface area contributed by atoms with Crippen LogP contribution in [0.2, 0.25) is 0 Å². The lowest BCUT2D eigenvalue weighted by Gasteiger charge is -2.14. The zero-order valence-corrected chi connectivity index (χ0v) is 11.5. The molecule has 2 aromatic rings. The Morgan fingerprint density at radius 2 is 1.68 bits per heavy atom. The van der Waals surface area contributed by atoms with Crippen LogP contribution >= 0.6 is 0 Å². The molecule has 0 saturated heterocycles. The maximum atomic E-state index is 12.5. The van der Waals surface area contributed by atoms with E-state index in [0.717, 1.165) is 17.7 Å². The first-order chi connectivity index (χ1) is 10.4. The lowest BCUT2D eigenvalue weighted by atomic mass is 9.92. The van der Waals surface area contributed by atoms with Gasteiger partial charge in [0.15, 0.2) is 5.78 Å². The molecule has 2 atom stereocenters. The maximum absolute atomic E-state index is 12.5. The van der Waals surface area contributed by atoms with Crippen LogP contribution in [-0.4, -0.2) is 10.9 Å². The van der Waals surface area contributed by atoms with Gasteiger partial charge in [-0.25, -0.2) is 0 Å². The van der Waals surface area contributed by atoms with Crippen molar-refractivity contribution in [2.75, 3.05) is 0 Å². The number of carbonyl (C=O) groups is 1. The van der Waals surface area contributed by atoms with Crippen molar-refractivity contribution in [2.45, 2.75) is 18.7 Å². The number of benzene rings is 2. The standard InChI is InChI=1S/C17H13F3O2/c18-17(19,20)12-7-5-10(6-8-12)15(21)14-9-11-3-1-2-4-13(11)16(14)22/h1-8,14,16,22H,9H2/t14-,16-/m0/s1. The summed E-state index contributed by atoms with van der Waals surface area (Å²) in [5.41, 5.74) is 1.01. The summed E-state index contributed by atoms with van der Waals surface area (Å²) in [7, 11) is 0. The Labute approximate surface area is 125 Å². The second-order valence-corrected chi connectivity index (χ2v) is 5.39. The fourth-order valence-electron chi connectivity index (χ4n) is 2.85. The Balaban J connectivity index is 1.84. The molecule has 2 nitrogen and oxygen atoms in total. The molecule has 22 heavy (non-hydrogen) atoms. The predicted molar refractivity (Wildman–Crippen MR) is 74.4 cm³/mol. The number of ketones is 1. The fraction of sp³-hybridized carbons (Fsp3) is 0.235. The lowest BCUT2D eigenvalue weighted by Crippen LogP contribution is -2.19. The van der Waals surface area contributed by atoms with E-state index in [9.17, 15) is 23.1 Å². The molecule has 0 aliphatic heterocycles. The number of carbonyl (C=O) groups excluding carboxylic acids is 1. The summed E-state index contributed by atoms with van der Waals surface area (Å²) in [6.45, 7) is 0. The van der Waals surface area contributed by atoms with E-state index in [1.54, 1.807) is 12.1 Å². The van der Waals surface area contributed by atoms with E-state index < -0.39 is 23.8 Å². The first-order valence-corrected chi connectivity index (χ1v) is 6.85. The van der Waals surface area contributed by atoms with E-state index in [-0.39, 0.29) is 11.3 Å². The van der Waals surface area contributed by atoms with Gasteiger partial charge in [0, 0.05) is 5.56 Å². The highest BCUT2D eigenvalue weighted by Crippen LogP contribution is 2.38. The lowest BCUT2D eigenvalue weighted by molar-refractivity contribution is -0.137. The highest BCUT2D eigenvalue weighted by Gasteiger charge is 2.36. The van der Waals surface area contributed by atoms with Gasteiger partial charge in [-0.3, -0.25) is 4.79 Å². The van der Waals surface area contributed by atoms with E-state index in [2.05, 4.69) is 0 Å². The van der Waals surface area contributed by atoms with Crippen LogP contribution in [0.3, 0.4) is 0 Å². The Hall–Kier alpha value is -2.14. The van der Waals surface area contributed by atoms with E-state index in [4.69, 9.17) is 0 Å². The molecule has 0 saturated carbocycles. The SMILES string of the molecule is O=C(c1ccc(C(F)(F)F)cc1)[C@@H]1Cc2ccccc2[C@@H]1O. The average Bonchev–Trinajstić information content (AvgIpc) is 2.83. The van der Waals surface area contributed by atoms with Crippen molar-refractivity contribution in [3.05, 3.63) is 70.8 Å². The van der Waals surface area contributed by atoms with Gasteiger partial charge in [0.2, 0.25) is 0 Å². The largest absolute Gasteiger partial charge is 0.416 e. The van der Waals surface area contributed by atoms with Crippen molar-refractivity contribution in [3.63, 3.8) is 0 Å². The molecule has 0 unspecified atom stereocenters. The molecule has 1 aliphatic rings. The quantitative estimate of drug-likeness (QED) is 0.857. The third-order valence-corrected chi connectivity index (χ3v) is 4.03. The molecule has 0 amide bonds. The van der Waals surface area contributed by atoms with Crippen molar-refractivity contribution < 1.29 is 23.1 Å². The van der Waals surface area contributed by atoms with Gasteiger partial charge in [-0.2, -0.15) is 13.2 Å². The number of aliphatic hydroxyl groups excluding tert-OH is 1. The van der Waals surface area contributed by atoms with Crippen LogP contribution in [0.5, 0.6) is 0 Å². The van der Waals surface area contributed by atoms with Gasteiger partial charge < -0.3 is 5.11 Å². The Bertz CT molecular complexity index is 705. The Morgan fingerprint density at radius 1 is 1.05 bits per heavy atom. The minimum absolute atomic E-state index is 0.185. The molecular formula is C17H13F3O2. The molecule has 3 rings (SSSR count). The summed E-state index contributed by atoms with van der Waals surface area (Å²) in [5.74, 6) is -0.980. The van der Waals surface area contributed by atoms with Crippen LogP contribution < -0.4 is 0 Å². The molecule has 1 N–H and O–H groups in total. The number of halogens is 3. The van der Waals surface area contributed by atoms with Gasteiger partial charge in [-0.1, -0.05) is 36.4 Å². The van der Waals surface area contributed by atoms with Gasteiger partial charge in [0.05, 0.1) is 17.6 Å². The van der Waals surface area contributed by atoms with Crippen molar-refractivity contribution in [1.29, 1.82) is 0 Å². The summed E-state index contributed by atoms with van der Waals surface area (Å²) >= 11 is 0. The molecular weight excluding hydrogens is 293 g/mol. The zero-order chi connectivity index (χ0) is 15.9. The predicted octanol–water partition coefficient (Wildman–Crippen LogP) is 3.79. The zero-order valence-electron chi connectivity index (χ0n) is 11.5. The van der Waals surface area contributed by atoms with Crippen molar-refractivity contribution in [1.82, 2.24) is 0 Å². The second-order valence-electron chi connectivity index (χ2n) is 5.39. The number of hydrogen-bond donors (Lipinski definition) is 1. The molecule has 0 aromatic heterocycles. The number of aliphatic hydroxyl groups is 1. The maximum Gasteiger partial charge on any atom is 0.416 e. The first-order valence-electron chi connectivity index (χ1n) is 6.85. The van der Waals surface area contributed by atoms with Gasteiger partial charge in [0.1, 0.15) is 0 Å². The molecule has 0 spiro atoms. The number of Topliss-reactive ketones (excluding diaryl/α,β-unsaturated/α-hetero) is 1. The van der Waals surface area contributed by atoms with Crippen LogP contribution in [-0.2, 0) is 12.6 Å². The summed E-state index contributed by atoms with van der Waals surface area (Å²) < 4.78 is 37.6. The van der Waals surface area contributed by atoms with Gasteiger partial charge in [0.25, 0.3) is 0 Å². The fourth-order valence-corrected chi connectivity index (χ4v) is 2.85. The summed E-state index contributed by atoms with van der Waals surface area (Å²) in [6, 6.07) is 11.3. The van der Waals surface area contributed by atoms with E-state index in [0.29, 0.717) is 12.0 Å². The third-order valence-electron chi connectivity index (χ3n) is 4.03. The summed E-state index contributed by atoms with van der Waals surface area (Å²) in [4.78, 5) is 12.4. The van der Waals surface area contributed by atoms with Crippen molar-refractivity contribution in [3.8, 4) is 0 Å². The number of fused-ring (bicyclic) bond motifs is 1. The minimum Gasteiger partial charge on any atom is -0.388 e. The molecule has 5 heteroatoms. The molecule has 114 valence electrons. The number of alkyl halides is 3. The van der Waals surface area contributed by atoms with Crippen LogP contribution in [0.15, 0.2) is 48.5 Å². The van der Waals surface area contributed by atoms with Crippen molar-refractivity contribution >= 4 is 5.78 Å². The highest BCUT2D eigenvalue weighted by molar-refractivity contribution is 5.99. The molecule has 0 heterocycles. The normalized spacial score (nSPS) is 20.7. The van der Waals surface area contributed by atoms with E-state index >= 15 is 0 Å². The smallest absolute Gasteiger partial charge is 0.388 e. The van der Waals surface area contributed by atoms with Gasteiger partial charge >= 0.3 is 6.18 Å². The third kappa shape index (κ3) is 2.52. The van der Waals surface area contributed by atoms with Crippen LogP contribution in [0.1, 0.15) is 33.2 Å². The van der Waals surface area contributed by atoms with Crippen LogP contribution in [0.4, 0.5) is 13.2 Å². The average molecular weight is 306 g/mol.